The summed E-state index contributed by atoms with van der Waals surface area (Å²) in [5.41, 5.74) is 4.51. The van der Waals surface area contributed by atoms with E-state index in [1.807, 2.05) is 6.92 Å². The molecule has 0 atom stereocenters. The van der Waals surface area contributed by atoms with Gasteiger partial charge in [-0.15, -0.1) is 0 Å². The quantitative estimate of drug-likeness (QED) is 0.704. The molecule has 0 aromatic rings. The average molecular weight is 229 g/mol. The third kappa shape index (κ3) is 4.48. The lowest BCUT2D eigenvalue weighted by Crippen LogP contribution is -2.48. The maximum atomic E-state index is 11.5. The van der Waals surface area contributed by atoms with Crippen LogP contribution in [0.1, 0.15) is 39.0 Å². The molecule has 2 amide bonds. The number of piperidine rings is 1. The van der Waals surface area contributed by atoms with Crippen LogP contribution in [-0.4, -0.2) is 30.0 Å². The molecule has 1 saturated heterocycles. The van der Waals surface area contributed by atoms with E-state index in [1.165, 1.54) is 6.42 Å². The number of nitrogens with one attached hydrogen (secondary N) is 2. The third-order valence-electron chi connectivity index (χ3n) is 2.42. The van der Waals surface area contributed by atoms with Crippen LogP contribution in [0.4, 0.5) is 4.79 Å². The van der Waals surface area contributed by atoms with Crippen molar-refractivity contribution in [2.24, 2.45) is 0 Å². The first-order chi connectivity index (χ1) is 7.74. The second-order valence-corrected chi connectivity index (χ2v) is 3.80. The molecular weight excluding hydrogens is 210 g/mol. The summed E-state index contributed by atoms with van der Waals surface area (Å²) in [5, 5.41) is 0. The number of hydrazine groups is 1. The molecule has 1 aliphatic rings. The predicted molar refractivity (Wildman–Crippen MR) is 58.1 cm³/mol. The lowest BCUT2D eigenvalue weighted by molar-refractivity contribution is -0.152. The summed E-state index contributed by atoms with van der Waals surface area (Å²) in [6, 6.07) is -0.246. The second kappa shape index (κ2) is 7.05. The molecule has 16 heavy (non-hydrogen) atoms. The van der Waals surface area contributed by atoms with E-state index in [1.54, 1.807) is 4.90 Å². The number of nitrogens with zero attached hydrogens (tertiary/aromatic N) is 1. The standard InChI is InChI=1S/C10H19N3O3/c1-2-6-9(14)16-12-11-10(15)13-7-4-3-5-8-13/h12H,2-8H2,1H3,(H,11,15). The van der Waals surface area contributed by atoms with Gasteiger partial charge in [-0.3, -0.25) is 4.79 Å². The number of amides is 2. The fraction of sp³-hybridized carbons (Fsp3) is 0.800. The highest BCUT2D eigenvalue weighted by molar-refractivity contribution is 5.74. The van der Waals surface area contributed by atoms with Crippen LogP contribution in [0.25, 0.3) is 0 Å². The van der Waals surface area contributed by atoms with Gasteiger partial charge in [0.15, 0.2) is 0 Å². The van der Waals surface area contributed by atoms with E-state index >= 15 is 0 Å². The molecule has 0 unspecified atom stereocenters. The smallest absolute Gasteiger partial charge is 0.334 e. The van der Waals surface area contributed by atoms with Crippen molar-refractivity contribution < 1.29 is 14.4 Å². The number of urea groups is 1. The lowest BCUT2D eigenvalue weighted by atomic mass is 10.1. The fourth-order valence-corrected chi connectivity index (χ4v) is 1.56. The van der Waals surface area contributed by atoms with Gasteiger partial charge in [-0.2, -0.15) is 0 Å². The molecule has 0 radical (unpaired) electrons. The Kier molecular flexibility index (Phi) is 5.63. The summed E-state index contributed by atoms with van der Waals surface area (Å²) in [5.74, 6) is -0.374. The van der Waals surface area contributed by atoms with E-state index in [0.29, 0.717) is 6.42 Å². The fourth-order valence-electron chi connectivity index (χ4n) is 1.56. The van der Waals surface area contributed by atoms with E-state index in [9.17, 15) is 9.59 Å². The highest BCUT2D eigenvalue weighted by Gasteiger charge is 2.15. The van der Waals surface area contributed by atoms with Crippen LogP contribution in [0.3, 0.4) is 0 Å². The molecule has 6 heteroatoms. The molecule has 6 nitrogen and oxygen atoms in total. The zero-order valence-corrected chi connectivity index (χ0v) is 9.62. The van der Waals surface area contributed by atoms with Gasteiger partial charge in [0.05, 0.1) is 0 Å². The molecule has 0 aromatic carbocycles. The Morgan fingerprint density at radius 2 is 1.94 bits per heavy atom. The van der Waals surface area contributed by atoms with E-state index in [2.05, 4.69) is 15.9 Å². The molecule has 92 valence electrons. The zero-order valence-electron chi connectivity index (χ0n) is 9.62. The molecule has 0 saturated carbocycles. The summed E-state index contributed by atoms with van der Waals surface area (Å²) in [6.07, 6.45) is 4.29. The molecule has 1 heterocycles. The average Bonchev–Trinajstić information content (AvgIpc) is 2.30. The predicted octanol–water partition coefficient (Wildman–Crippen LogP) is 0.945. The lowest BCUT2D eigenvalue weighted by Gasteiger charge is -2.26. The monoisotopic (exact) mass is 229 g/mol. The van der Waals surface area contributed by atoms with Gasteiger partial charge < -0.3 is 9.74 Å². The zero-order chi connectivity index (χ0) is 11.8. The molecule has 0 aromatic heterocycles. The van der Waals surface area contributed by atoms with Crippen molar-refractivity contribution >= 4 is 12.0 Å². The van der Waals surface area contributed by atoms with Crippen molar-refractivity contribution in [3.05, 3.63) is 0 Å². The maximum Gasteiger partial charge on any atom is 0.334 e. The Morgan fingerprint density at radius 1 is 1.25 bits per heavy atom. The van der Waals surface area contributed by atoms with Gasteiger partial charge in [0, 0.05) is 19.5 Å². The number of carbonyl (C=O) groups is 2. The van der Waals surface area contributed by atoms with Gasteiger partial charge in [0.25, 0.3) is 0 Å². The number of rotatable bonds is 4. The third-order valence-corrected chi connectivity index (χ3v) is 2.42. The number of hydrogen-bond acceptors (Lipinski definition) is 4. The Balaban J connectivity index is 2.12. The first kappa shape index (κ1) is 12.8. The molecule has 0 bridgehead atoms. The molecule has 2 N–H and O–H groups in total. The van der Waals surface area contributed by atoms with Crippen LogP contribution >= 0.6 is 0 Å². The largest absolute Gasteiger partial charge is 0.351 e. The Morgan fingerprint density at radius 3 is 2.56 bits per heavy atom. The van der Waals surface area contributed by atoms with Crippen LogP contribution in [0, 0.1) is 0 Å². The van der Waals surface area contributed by atoms with Crippen molar-refractivity contribution in [2.75, 3.05) is 13.1 Å². The Labute approximate surface area is 95.2 Å². The number of carbonyl (C=O) groups excluding carboxylic acids is 2. The Bertz CT molecular complexity index is 239. The van der Waals surface area contributed by atoms with Crippen LogP contribution < -0.4 is 11.0 Å². The van der Waals surface area contributed by atoms with Gasteiger partial charge in [-0.25, -0.2) is 10.2 Å². The number of hydrogen-bond donors (Lipinski definition) is 2. The SMILES string of the molecule is CCCC(=O)ONNC(=O)N1CCCCC1. The summed E-state index contributed by atoms with van der Waals surface area (Å²) in [7, 11) is 0. The molecule has 0 spiro atoms. The summed E-state index contributed by atoms with van der Waals surface area (Å²) < 4.78 is 0. The summed E-state index contributed by atoms with van der Waals surface area (Å²) in [4.78, 5) is 28.7. The van der Waals surface area contributed by atoms with Crippen LogP contribution in [0.2, 0.25) is 0 Å². The van der Waals surface area contributed by atoms with Crippen molar-refractivity contribution in [2.45, 2.75) is 39.0 Å². The molecule has 1 aliphatic heterocycles. The van der Waals surface area contributed by atoms with E-state index in [0.717, 1.165) is 32.4 Å². The summed E-state index contributed by atoms with van der Waals surface area (Å²) >= 11 is 0. The van der Waals surface area contributed by atoms with Crippen molar-refractivity contribution in [3.8, 4) is 0 Å². The number of likely N-dealkylation sites (tertiary alicyclic amines) is 1. The van der Waals surface area contributed by atoms with E-state index in [4.69, 9.17) is 0 Å². The normalized spacial score (nSPS) is 15.7. The van der Waals surface area contributed by atoms with Crippen molar-refractivity contribution in [3.63, 3.8) is 0 Å². The highest BCUT2D eigenvalue weighted by atomic mass is 16.7. The van der Waals surface area contributed by atoms with Gasteiger partial charge in [0.2, 0.25) is 0 Å². The van der Waals surface area contributed by atoms with Crippen LogP contribution in [0.15, 0.2) is 0 Å². The van der Waals surface area contributed by atoms with Crippen LogP contribution in [-0.2, 0) is 9.63 Å². The van der Waals surface area contributed by atoms with Crippen molar-refractivity contribution in [1.82, 2.24) is 15.9 Å². The van der Waals surface area contributed by atoms with Gasteiger partial charge in [-0.05, 0) is 25.7 Å². The van der Waals surface area contributed by atoms with Crippen LogP contribution in [0.5, 0.6) is 0 Å². The molecule has 1 fully saturated rings. The maximum absolute atomic E-state index is 11.5. The first-order valence-electron chi connectivity index (χ1n) is 5.73. The molecule has 0 aliphatic carbocycles. The molecular formula is C10H19N3O3. The molecule has 1 rings (SSSR count). The van der Waals surface area contributed by atoms with Gasteiger partial charge in [-0.1, -0.05) is 12.5 Å². The minimum atomic E-state index is -0.374. The van der Waals surface area contributed by atoms with Gasteiger partial charge in [0.1, 0.15) is 0 Å². The minimum absolute atomic E-state index is 0.246. The first-order valence-corrected chi connectivity index (χ1v) is 5.73. The second-order valence-electron chi connectivity index (χ2n) is 3.80. The summed E-state index contributed by atoms with van der Waals surface area (Å²) in [6.45, 7) is 3.40. The highest BCUT2D eigenvalue weighted by Crippen LogP contribution is 2.07. The topological polar surface area (TPSA) is 70.7 Å². The Hall–Kier alpha value is -1.30. The minimum Gasteiger partial charge on any atom is -0.351 e. The van der Waals surface area contributed by atoms with E-state index in [-0.39, 0.29) is 12.0 Å². The van der Waals surface area contributed by atoms with Gasteiger partial charge >= 0.3 is 12.0 Å². The van der Waals surface area contributed by atoms with Crippen molar-refractivity contribution in [1.29, 1.82) is 0 Å². The van der Waals surface area contributed by atoms with E-state index < -0.39 is 0 Å².